The first-order valence-electron chi connectivity index (χ1n) is 20.4. The third-order valence-corrected chi connectivity index (χ3v) is 7.83. The first-order chi connectivity index (χ1) is 27.8. The van der Waals surface area contributed by atoms with Gasteiger partial charge in [-0.25, -0.2) is 4.79 Å². The van der Waals surface area contributed by atoms with Crippen LogP contribution in [-0.4, -0.2) is 184 Å². The zero-order valence-electron chi connectivity index (χ0n) is 33.9. The lowest BCUT2D eigenvalue weighted by molar-refractivity contribution is -0.169. The van der Waals surface area contributed by atoms with E-state index in [1.807, 2.05) is 12.1 Å². The molecule has 1 fully saturated rings. The molecule has 1 heterocycles. The minimum absolute atomic E-state index is 0.0714. The topological polar surface area (TPSA) is 158 Å². The van der Waals surface area contributed by atoms with Crippen molar-refractivity contribution >= 4 is 11.7 Å². The van der Waals surface area contributed by atoms with Gasteiger partial charge in [-0.2, -0.15) is 0 Å². The number of hydrogen-bond donors (Lipinski definition) is 1. The summed E-state index contributed by atoms with van der Waals surface area (Å²) in [6.07, 6.45) is 5.41. The van der Waals surface area contributed by atoms with Gasteiger partial charge in [-0.1, -0.05) is 13.3 Å². The molecule has 2 rings (SSSR count). The van der Waals surface area contributed by atoms with Gasteiger partial charge in [0.25, 0.3) is 0 Å². The van der Waals surface area contributed by atoms with E-state index in [9.17, 15) is 4.79 Å². The van der Waals surface area contributed by atoms with Crippen molar-refractivity contribution in [3.8, 4) is 0 Å². The fourth-order valence-corrected chi connectivity index (χ4v) is 4.79. The smallest absolute Gasteiger partial charge is 0.338 e. The molecule has 56 heavy (non-hydrogen) atoms. The van der Waals surface area contributed by atoms with Crippen molar-refractivity contribution in [2.24, 2.45) is 0 Å². The van der Waals surface area contributed by atoms with Gasteiger partial charge in [0.05, 0.1) is 158 Å². The lowest BCUT2D eigenvalue weighted by Gasteiger charge is -2.22. The number of rotatable bonds is 42. The molecule has 0 amide bonds. The van der Waals surface area contributed by atoms with Crippen molar-refractivity contribution in [1.29, 1.82) is 0 Å². The summed E-state index contributed by atoms with van der Waals surface area (Å²) >= 11 is 0. The number of ether oxygens (including phenoxy) is 14. The van der Waals surface area contributed by atoms with E-state index in [1.165, 1.54) is 0 Å². The normalized spacial score (nSPS) is 14.3. The van der Waals surface area contributed by atoms with Crippen LogP contribution in [0.2, 0.25) is 0 Å². The van der Waals surface area contributed by atoms with Crippen LogP contribution in [0.3, 0.4) is 0 Å². The van der Waals surface area contributed by atoms with Crippen LogP contribution in [0.1, 0.15) is 49.4 Å². The second kappa shape index (κ2) is 39.8. The Balaban J connectivity index is 1.15. The Kier molecular flexibility index (Phi) is 35.6. The van der Waals surface area contributed by atoms with Crippen LogP contribution in [0.25, 0.3) is 0 Å². The van der Waals surface area contributed by atoms with Gasteiger partial charge in [0.1, 0.15) is 6.61 Å². The van der Waals surface area contributed by atoms with Crippen molar-refractivity contribution in [2.45, 2.75) is 45.3 Å². The number of esters is 1. The lowest BCUT2D eigenvalue weighted by atomic mass is 10.2. The van der Waals surface area contributed by atoms with E-state index in [2.05, 4.69) is 12.2 Å². The Hall–Kier alpha value is -2.03. The van der Waals surface area contributed by atoms with Crippen LogP contribution in [0.5, 0.6) is 0 Å². The molecule has 1 N–H and O–H groups in total. The van der Waals surface area contributed by atoms with Crippen LogP contribution in [-0.2, 0) is 66.3 Å². The maximum Gasteiger partial charge on any atom is 0.338 e. The van der Waals surface area contributed by atoms with Gasteiger partial charge < -0.3 is 71.6 Å². The average Bonchev–Trinajstić information content (AvgIpc) is 3.22. The molecule has 0 bridgehead atoms. The van der Waals surface area contributed by atoms with Crippen LogP contribution < -0.4 is 5.32 Å². The predicted octanol–water partition coefficient (Wildman–Crippen LogP) is 3.78. The number of carbonyl (C=O) groups is 1. The summed E-state index contributed by atoms with van der Waals surface area (Å²) in [5.41, 5.74) is 1.51. The summed E-state index contributed by atoms with van der Waals surface area (Å²) < 4.78 is 76.8. The highest BCUT2D eigenvalue weighted by Crippen LogP contribution is 2.13. The molecule has 1 unspecified atom stereocenters. The Morgan fingerprint density at radius 3 is 1.27 bits per heavy atom. The summed E-state index contributed by atoms with van der Waals surface area (Å²) in [6.45, 7) is 15.2. The molecule has 326 valence electrons. The molecule has 0 aromatic heterocycles. The molecule has 16 heteroatoms. The first kappa shape index (κ1) is 50.1. The molecule has 0 aliphatic carbocycles. The van der Waals surface area contributed by atoms with Gasteiger partial charge in [0, 0.05) is 18.8 Å². The summed E-state index contributed by atoms with van der Waals surface area (Å²) in [4.78, 5) is 12.1. The average molecular weight is 806 g/mol. The summed E-state index contributed by atoms with van der Waals surface area (Å²) in [7, 11) is 0. The van der Waals surface area contributed by atoms with Gasteiger partial charge >= 0.3 is 5.97 Å². The van der Waals surface area contributed by atoms with Crippen molar-refractivity contribution in [3.05, 3.63) is 29.8 Å². The number of benzene rings is 1. The molecular weight excluding hydrogens is 734 g/mol. The minimum Gasteiger partial charge on any atom is -0.460 e. The Morgan fingerprint density at radius 1 is 0.536 bits per heavy atom. The molecule has 1 atom stereocenters. The standard InChI is InChI=1S/C40H71NO15/c1-2-3-11-41-38-9-7-37(8-10-38)40(42)56-36-34-53-32-30-51-28-26-49-24-22-47-20-18-45-16-14-43-13-15-44-17-19-46-21-23-48-25-27-50-29-31-52-33-35-55-39-6-4-5-12-54-39/h7-10,39,41H,2-6,11-36H2,1H3. The molecule has 1 aliphatic heterocycles. The van der Waals surface area contributed by atoms with Crippen LogP contribution >= 0.6 is 0 Å². The third kappa shape index (κ3) is 32.0. The number of unbranched alkanes of at least 4 members (excludes halogenated alkanes) is 1. The Labute approximate surface area is 334 Å². The minimum atomic E-state index is -0.362. The van der Waals surface area contributed by atoms with Crippen molar-refractivity contribution in [1.82, 2.24) is 0 Å². The van der Waals surface area contributed by atoms with Crippen LogP contribution in [0.15, 0.2) is 24.3 Å². The largest absolute Gasteiger partial charge is 0.460 e. The van der Waals surface area contributed by atoms with Gasteiger partial charge in [-0.05, 0) is 49.9 Å². The highest BCUT2D eigenvalue weighted by atomic mass is 16.7. The van der Waals surface area contributed by atoms with Crippen molar-refractivity contribution < 1.29 is 71.1 Å². The molecular formula is C40H71NO15. The summed E-state index contributed by atoms with van der Waals surface area (Å²) in [5, 5.41) is 3.32. The lowest BCUT2D eigenvalue weighted by Crippen LogP contribution is -2.24. The van der Waals surface area contributed by atoms with Crippen LogP contribution in [0, 0.1) is 0 Å². The zero-order valence-corrected chi connectivity index (χ0v) is 33.9. The zero-order chi connectivity index (χ0) is 39.7. The number of anilines is 1. The van der Waals surface area contributed by atoms with E-state index in [1.54, 1.807) is 12.1 Å². The molecule has 1 aromatic rings. The van der Waals surface area contributed by atoms with Gasteiger partial charge in [0.2, 0.25) is 0 Å². The number of hydrogen-bond acceptors (Lipinski definition) is 16. The fourth-order valence-electron chi connectivity index (χ4n) is 4.79. The Morgan fingerprint density at radius 2 is 0.911 bits per heavy atom. The van der Waals surface area contributed by atoms with Crippen molar-refractivity contribution in [2.75, 3.05) is 177 Å². The fraction of sp³-hybridized carbons (Fsp3) is 0.825. The highest BCUT2D eigenvalue weighted by molar-refractivity contribution is 5.89. The maximum absolute atomic E-state index is 12.1. The number of carbonyl (C=O) groups excluding carboxylic acids is 1. The van der Waals surface area contributed by atoms with Gasteiger partial charge in [-0.15, -0.1) is 0 Å². The van der Waals surface area contributed by atoms with Crippen molar-refractivity contribution in [3.63, 3.8) is 0 Å². The van der Waals surface area contributed by atoms with Gasteiger partial charge in [-0.3, -0.25) is 0 Å². The highest BCUT2D eigenvalue weighted by Gasteiger charge is 2.13. The third-order valence-electron chi connectivity index (χ3n) is 7.83. The molecule has 0 radical (unpaired) electrons. The molecule has 16 nitrogen and oxygen atoms in total. The SMILES string of the molecule is CCCCNc1ccc(C(=O)OCCOCCOCCOCCOCCOCCOCCOCCOCCOCCOCCOCCOC2CCCCO2)cc1. The van der Waals surface area contributed by atoms with E-state index in [4.69, 9.17) is 66.3 Å². The second-order valence-corrected chi connectivity index (χ2v) is 12.4. The van der Waals surface area contributed by atoms with E-state index in [-0.39, 0.29) is 18.9 Å². The quantitative estimate of drug-likeness (QED) is 0.0751. The van der Waals surface area contributed by atoms with E-state index >= 15 is 0 Å². The second-order valence-electron chi connectivity index (χ2n) is 12.4. The maximum atomic E-state index is 12.1. The van der Waals surface area contributed by atoms with Crippen LogP contribution in [0.4, 0.5) is 5.69 Å². The van der Waals surface area contributed by atoms with Gasteiger partial charge in [0.15, 0.2) is 6.29 Å². The molecule has 1 saturated heterocycles. The van der Waals surface area contributed by atoms with E-state index in [0.717, 1.165) is 50.9 Å². The first-order valence-corrected chi connectivity index (χ1v) is 20.4. The molecule has 0 spiro atoms. The molecule has 0 saturated carbocycles. The summed E-state index contributed by atoms with van der Waals surface area (Å²) in [5.74, 6) is -0.362. The van der Waals surface area contributed by atoms with E-state index in [0.29, 0.717) is 158 Å². The molecule has 1 aromatic carbocycles. The predicted molar refractivity (Wildman–Crippen MR) is 209 cm³/mol. The molecule has 1 aliphatic rings. The monoisotopic (exact) mass is 805 g/mol. The summed E-state index contributed by atoms with van der Waals surface area (Å²) in [6, 6.07) is 7.29. The number of nitrogens with one attached hydrogen (secondary N) is 1. The van der Waals surface area contributed by atoms with E-state index < -0.39 is 0 Å². The Bertz CT molecular complexity index is 972.